The van der Waals surface area contributed by atoms with Gasteiger partial charge in [-0.25, -0.2) is 0 Å². The lowest BCUT2D eigenvalue weighted by Gasteiger charge is -2.35. The van der Waals surface area contributed by atoms with E-state index in [1.807, 2.05) is 0 Å². The fourth-order valence-corrected chi connectivity index (χ4v) is 2.77. The van der Waals surface area contributed by atoms with Crippen molar-refractivity contribution in [3.8, 4) is 0 Å². The Labute approximate surface area is 122 Å². The molecule has 1 amide bonds. The summed E-state index contributed by atoms with van der Waals surface area (Å²) in [6, 6.07) is -0.193. The lowest BCUT2D eigenvalue weighted by molar-refractivity contribution is -0.122. The molecule has 1 aliphatic heterocycles. The van der Waals surface area contributed by atoms with Crippen LogP contribution < -0.4 is 15.5 Å². The molecule has 1 saturated heterocycles. The fourth-order valence-electron chi connectivity index (χ4n) is 2.77. The zero-order valence-electron chi connectivity index (χ0n) is 12.2. The minimum absolute atomic E-state index is 0.0240. The van der Waals surface area contributed by atoms with E-state index in [4.69, 9.17) is 0 Å². The van der Waals surface area contributed by atoms with Crippen LogP contribution in [0.5, 0.6) is 0 Å². The van der Waals surface area contributed by atoms with Gasteiger partial charge in [0.25, 0.3) is 0 Å². The molecule has 21 heavy (non-hydrogen) atoms. The number of carbonyl (C=O) groups excluding carboxylic acids is 1. The van der Waals surface area contributed by atoms with Crippen LogP contribution in [0.2, 0.25) is 0 Å². The second-order valence-corrected chi connectivity index (χ2v) is 5.07. The predicted molar refractivity (Wildman–Crippen MR) is 80.3 cm³/mol. The van der Waals surface area contributed by atoms with Gasteiger partial charge in [0.1, 0.15) is 11.9 Å². The molecule has 2 aromatic rings. The van der Waals surface area contributed by atoms with E-state index < -0.39 is 0 Å². The van der Waals surface area contributed by atoms with Crippen LogP contribution in [0.4, 0.5) is 11.8 Å². The highest BCUT2D eigenvalue weighted by Gasteiger charge is 2.30. The van der Waals surface area contributed by atoms with Gasteiger partial charge in [0, 0.05) is 20.6 Å². The van der Waals surface area contributed by atoms with E-state index in [0.717, 1.165) is 37.0 Å². The number of aromatic nitrogens is 4. The number of anilines is 2. The van der Waals surface area contributed by atoms with Gasteiger partial charge >= 0.3 is 0 Å². The third-order valence-electron chi connectivity index (χ3n) is 3.84. The maximum absolute atomic E-state index is 12.1. The maximum atomic E-state index is 12.1. The first-order chi connectivity index (χ1) is 10.2. The molecule has 2 aromatic heterocycles. The van der Waals surface area contributed by atoms with Crippen molar-refractivity contribution in [2.45, 2.75) is 25.3 Å². The van der Waals surface area contributed by atoms with Gasteiger partial charge in [-0.15, -0.1) is 0 Å². The van der Waals surface area contributed by atoms with Crippen LogP contribution in [0.1, 0.15) is 19.3 Å². The summed E-state index contributed by atoms with van der Waals surface area (Å²) >= 11 is 0. The molecule has 0 aromatic carbocycles. The van der Waals surface area contributed by atoms with Crippen LogP contribution in [0.25, 0.3) is 11.0 Å². The number of likely N-dealkylation sites (N-methyl/N-ethyl adjacent to an activating group) is 1. The molecule has 3 N–H and O–H groups in total. The molecule has 3 heterocycles. The average molecular weight is 289 g/mol. The van der Waals surface area contributed by atoms with Crippen molar-refractivity contribution in [2.75, 3.05) is 30.9 Å². The summed E-state index contributed by atoms with van der Waals surface area (Å²) in [6.45, 7) is 0.804. The summed E-state index contributed by atoms with van der Waals surface area (Å²) in [5.41, 5.74) is 0.672. The van der Waals surface area contributed by atoms with E-state index in [-0.39, 0.29) is 11.9 Å². The van der Waals surface area contributed by atoms with Crippen molar-refractivity contribution in [1.29, 1.82) is 0 Å². The van der Waals surface area contributed by atoms with E-state index in [2.05, 4.69) is 35.7 Å². The average Bonchev–Trinajstić information content (AvgIpc) is 3.01. The second-order valence-electron chi connectivity index (χ2n) is 5.07. The number of amides is 1. The Hall–Kier alpha value is -2.38. The number of rotatable bonds is 3. The van der Waals surface area contributed by atoms with Crippen LogP contribution in [0, 0.1) is 0 Å². The summed E-state index contributed by atoms with van der Waals surface area (Å²) in [6.07, 6.45) is 4.64. The smallest absolute Gasteiger partial charge is 0.242 e. The summed E-state index contributed by atoms with van der Waals surface area (Å²) in [5, 5.41) is 13.4. The van der Waals surface area contributed by atoms with Gasteiger partial charge in [0.15, 0.2) is 5.65 Å². The van der Waals surface area contributed by atoms with Crippen LogP contribution in [0.3, 0.4) is 0 Å². The topological polar surface area (TPSA) is 98.8 Å². The van der Waals surface area contributed by atoms with Gasteiger partial charge in [-0.3, -0.25) is 9.89 Å². The molecule has 3 rings (SSSR count). The molecule has 0 saturated carbocycles. The van der Waals surface area contributed by atoms with Crippen LogP contribution in [-0.2, 0) is 4.79 Å². The first-order valence-corrected chi connectivity index (χ1v) is 7.11. The molecule has 0 radical (unpaired) electrons. The molecular formula is C13H19N7O. The number of piperidine rings is 1. The highest BCUT2D eigenvalue weighted by Crippen LogP contribution is 2.29. The Morgan fingerprint density at radius 2 is 2.24 bits per heavy atom. The Morgan fingerprint density at radius 1 is 1.38 bits per heavy atom. The van der Waals surface area contributed by atoms with Gasteiger partial charge in [-0.05, 0) is 19.3 Å². The summed E-state index contributed by atoms with van der Waals surface area (Å²) in [5.74, 6) is 1.30. The largest absolute Gasteiger partial charge is 0.357 e. The van der Waals surface area contributed by atoms with Gasteiger partial charge in [-0.2, -0.15) is 15.1 Å². The van der Waals surface area contributed by atoms with Crippen molar-refractivity contribution in [2.24, 2.45) is 0 Å². The lowest BCUT2D eigenvalue weighted by Crippen LogP contribution is -2.49. The first-order valence-electron chi connectivity index (χ1n) is 7.11. The van der Waals surface area contributed by atoms with Crippen molar-refractivity contribution in [1.82, 2.24) is 25.5 Å². The molecule has 0 aliphatic carbocycles. The normalized spacial score (nSPS) is 18.8. The molecule has 1 fully saturated rings. The third kappa shape index (κ3) is 2.37. The molecule has 1 aliphatic rings. The third-order valence-corrected chi connectivity index (χ3v) is 3.84. The monoisotopic (exact) mass is 289 g/mol. The Morgan fingerprint density at radius 3 is 3.00 bits per heavy atom. The van der Waals surface area contributed by atoms with Gasteiger partial charge in [0.2, 0.25) is 11.9 Å². The Bertz CT molecular complexity index is 653. The Balaban J connectivity index is 2.08. The van der Waals surface area contributed by atoms with Gasteiger partial charge < -0.3 is 15.5 Å². The molecule has 0 spiro atoms. The summed E-state index contributed by atoms with van der Waals surface area (Å²) in [7, 11) is 3.44. The number of nitrogens with one attached hydrogen (secondary N) is 3. The number of H-pyrrole nitrogens is 1. The number of fused-ring (bicyclic) bond motifs is 1. The van der Waals surface area contributed by atoms with Crippen molar-refractivity contribution >= 4 is 28.7 Å². The van der Waals surface area contributed by atoms with Crippen LogP contribution >= 0.6 is 0 Å². The zero-order chi connectivity index (χ0) is 14.8. The summed E-state index contributed by atoms with van der Waals surface area (Å²) < 4.78 is 0. The molecule has 1 unspecified atom stereocenters. The van der Waals surface area contributed by atoms with E-state index >= 15 is 0 Å². The highest BCUT2D eigenvalue weighted by molar-refractivity contribution is 5.92. The molecule has 112 valence electrons. The van der Waals surface area contributed by atoms with Gasteiger partial charge in [0.05, 0.1) is 11.6 Å². The fraction of sp³-hybridized carbons (Fsp3) is 0.538. The first kappa shape index (κ1) is 13.6. The minimum Gasteiger partial charge on any atom is -0.357 e. The molecule has 8 heteroatoms. The standard InChI is InChI=1S/C13H19N7O/c1-14-12(21)9-5-3-4-6-20(9)11-8-7-16-19-10(8)17-13(15-2)18-11/h7,9H,3-6H2,1-2H3,(H,14,21)(H2,15,16,17,18,19). The number of aromatic amines is 1. The van der Waals surface area contributed by atoms with Crippen LogP contribution in [-0.4, -0.2) is 52.8 Å². The number of carbonyl (C=O) groups is 1. The number of hydrogen-bond acceptors (Lipinski definition) is 6. The Kier molecular flexibility index (Phi) is 3.59. The lowest BCUT2D eigenvalue weighted by atomic mass is 10.0. The van der Waals surface area contributed by atoms with Gasteiger partial charge in [-0.1, -0.05) is 0 Å². The van der Waals surface area contributed by atoms with Crippen LogP contribution in [0.15, 0.2) is 6.20 Å². The molecular weight excluding hydrogens is 270 g/mol. The molecule has 8 nitrogen and oxygen atoms in total. The number of nitrogens with zero attached hydrogens (tertiary/aromatic N) is 4. The van der Waals surface area contributed by atoms with Crippen molar-refractivity contribution in [3.05, 3.63) is 6.20 Å². The minimum atomic E-state index is -0.193. The predicted octanol–water partition coefficient (Wildman–Crippen LogP) is 0.499. The number of hydrogen-bond donors (Lipinski definition) is 3. The summed E-state index contributed by atoms with van der Waals surface area (Å²) in [4.78, 5) is 23.1. The SMILES string of the molecule is CNC(=O)C1CCCCN1c1nc(NC)nc2[nH]ncc12. The highest BCUT2D eigenvalue weighted by atomic mass is 16.2. The zero-order valence-corrected chi connectivity index (χ0v) is 12.2. The van der Waals surface area contributed by atoms with E-state index in [9.17, 15) is 4.79 Å². The van der Waals surface area contributed by atoms with E-state index in [1.165, 1.54) is 0 Å². The molecule has 1 atom stereocenters. The van der Waals surface area contributed by atoms with E-state index in [1.54, 1.807) is 20.3 Å². The maximum Gasteiger partial charge on any atom is 0.242 e. The van der Waals surface area contributed by atoms with Crippen molar-refractivity contribution < 1.29 is 4.79 Å². The quantitative estimate of drug-likeness (QED) is 0.761. The second kappa shape index (κ2) is 5.55. The molecule has 0 bridgehead atoms. The van der Waals surface area contributed by atoms with E-state index in [0.29, 0.717) is 11.6 Å². The van der Waals surface area contributed by atoms with Crippen molar-refractivity contribution in [3.63, 3.8) is 0 Å².